The van der Waals surface area contributed by atoms with Crippen LogP contribution in [0.15, 0.2) is 54.6 Å². The number of hydrogen-bond acceptors (Lipinski definition) is 4. The topological polar surface area (TPSA) is 120 Å². The fourth-order valence-electron chi connectivity index (χ4n) is 5.63. The molecule has 0 aromatic heterocycles. The standard InChI is InChI=1S/C29H41N5O3S/c1-29(2,23-12-6-5-7-13-23)38(36,37)33-19-17-24(18-20-33)32-28(35)34(25-14-8-3-4-9-15-25)26-16-10-11-22(21-26)27(30)31/h5-7,10-13,16,21,24-25H,3-4,8-9,14-15,17-20H2,1-2H3,(H3,30,31)(H,32,35). The average molecular weight is 540 g/mol. The molecule has 2 fully saturated rings. The highest BCUT2D eigenvalue weighted by Crippen LogP contribution is 2.34. The number of amidine groups is 1. The van der Waals surface area contributed by atoms with Crippen molar-refractivity contribution >= 4 is 27.6 Å². The van der Waals surface area contributed by atoms with Crippen LogP contribution in [0.25, 0.3) is 0 Å². The summed E-state index contributed by atoms with van der Waals surface area (Å²) in [6.45, 7) is 4.25. The van der Waals surface area contributed by atoms with E-state index in [0.29, 0.717) is 31.5 Å². The Morgan fingerprint density at radius 1 is 0.974 bits per heavy atom. The second-order valence-corrected chi connectivity index (χ2v) is 13.5. The summed E-state index contributed by atoms with van der Waals surface area (Å²) >= 11 is 0. The molecule has 2 aromatic rings. The number of amides is 2. The van der Waals surface area contributed by atoms with Crippen molar-refractivity contribution in [3.05, 3.63) is 65.7 Å². The molecule has 0 spiro atoms. The van der Waals surface area contributed by atoms with E-state index < -0.39 is 14.8 Å². The molecule has 1 aliphatic carbocycles. The Morgan fingerprint density at radius 2 is 1.61 bits per heavy atom. The number of nitrogens with zero attached hydrogens (tertiary/aromatic N) is 2. The van der Waals surface area contributed by atoms with Crippen molar-refractivity contribution in [1.29, 1.82) is 5.41 Å². The highest BCUT2D eigenvalue weighted by Gasteiger charge is 2.42. The smallest absolute Gasteiger partial charge is 0.322 e. The molecule has 1 heterocycles. The Hall–Kier alpha value is -2.91. The molecule has 9 heteroatoms. The number of sulfonamides is 1. The second-order valence-electron chi connectivity index (χ2n) is 11.0. The van der Waals surface area contributed by atoms with Crippen LogP contribution < -0.4 is 16.0 Å². The number of nitrogens with two attached hydrogens (primary N) is 1. The van der Waals surface area contributed by atoms with E-state index in [0.717, 1.165) is 36.9 Å². The van der Waals surface area contributed by atoms with Crippen molar-refractivity contribution in [2.24, 2.45) is 5.73 Å². The second kappa shape index (κ2) is 11.9. The zero-order valence-corrected chi connectivity index (χ0v) is 23.3. The van der Waals surface area contributed by atoms with E-state index in [1.807, 2.05) is 53.4 Å². The molecule has 2 aromatic carbocycles. The molecule has 1 saturated carbocycles. The summed E-state index contributed by atoms with van der Waals surface area (Å²) in [6.07, 6.45) is 7.48. The lowest BCUT2D eigenvalue weighted by Crippen LogP contribution is -2.54. The third-order valence-electron chi connectivity index (χ3n) is 8.08. The van der Waals surface area contributed by atoms with E-state index in [1.165, 1.54) is 12.8 Å². The molecule has 0 atom stereocenters. The number of carbonyl (C=O) groups excluding carboxylic acids is 1. The number of carbonyl (C=O) groups is 1. The van der Waals surface area contributed by atoms with Gasteiger partial charge in [-0.25, -0.2) is 17.5 Å². The summed E-state index contributed by atoms with van der Waals surface area (Å²) in [6, 6.07) is 16.4. The van der Waals surface area contributed by atoms with Crippen molar-refractivity contribution in [2.45, 2.75) is 82.0 Å². The molecule has 0 unspecified atom stereocenters. The SMILES string of the molecule is CC(C)(c1ccccc1)S(=O)(=O)N1CCC(NC(=O)N(c2cccc(C(=N)N)c2)C2CCCCCC2)CC1. The molecule has 38 heavy (non-hydrogen) atoms. The van der Waals surface area contributed by atoms with Crippen molar-refractivity contribution in [3.8, 4) is 0 Å². The molecule has 4 N–H and O–H groups in total. The Labute approximate surface area is 227 Å². The van der Waals surface area contributed by atoms with Gasteiger partial charge in [0.05, 0.1) is 0 Å². The summed E-state index contributed by atoms with van der Waals surface area (Å²) in [5.41, 5.74) is 7.84. The van der Waals surface area contributed by atoms with Gasteiger partial charge in [0.15, 0.2) is 0 Å². The third-order valence-corrected chi connectivity index (χ3v) is 10.6. The molecule has 8 nitrogen and oxygen atoms in total. The average Bonchev–Trinajstić information content (AvgIpc) is 3.19. The maximum Gasteiger partial charge on any atom is 0.322 e. The normalized spacial score (nSPS) is 18.5. The Kier molecular flexibility index (Phi) is 8.78. The van der Waals surface area contributed by atoms with Gasteiger partial charge in [-0.15, -0.1) is 0 Å². The molecule has 4 rings (SSSR count). The Balaban J connectivity index is 1.46. The van der Waals surface area contributed by atoms with E-state index in [4.69, 9.17) is 11.1 Å². The van der Waals surface area contributed by atoms with Gasteiger partial charge in [0.1, 0.15) is 10.6 Å². The first-order valence-corrected chi connectivity index (χ1v) is 15.1. The monoisotopic (exact) mass is 539 g/mol. The van der Waals surface area contributed by atoms with Crippen LogP contribution in [0.4, 0.5) is 10.5 Å². The maximum atomic E-state index is 13.7. The van der Waals surface area contributed by atoms with Crippen LogP contribution in [0, 0.1) is 5.41 Å². The van der Waals surface area contributed by atoms with Crippen LogP contribution in [0.2, 0.25) is 0 Å². The quantitative estimate of drug-likeness (QED) is 0.262. The minimum Gasteiger partial charge on any atom is -0.384 e. The predicted octanol–water partition coefficient (Wildman–Crippen LogP) is 4.94. The molecule has 1 saturated heterocycles. The summed E-state index contributed by atoms with van der Waals surface area (Å²) < 4.78 is 27.6. The summed E-state index contributed by atoms with van der Waals surface area (Å²) in [4.78, 5) is 15.6. The summed E-state index contributed by atoms with van der Waals surface area (Å²) in [7, 11) is -3.58. The Bertz CT molecular complexity index is 1220. The zero-order valence-electron chi connectivity index (χ0n) is 22.5. The van der Waals surface area contributed by atoms with Gasteiger partial charge >= 0.3 is 6.03 Å². The minimum atomic E-state index is -3.58. The first-order chi connectivity index (χ1) is 18.1. The summed E-state index contributed by atoms with van der Waals surface area (Å²) in [5.74, 6) is -0.0277. The minimum absolute atomic E-state index is 0.0277. The molecule has 0 radical (unpaired) electrons. The van der Waals surface area contributed by atoms with Gasteiger partial charge in [-0.3, -0.25) is 10.3 Å². The van der Waals surface area contributed by atoms with Crippen LogP contribution in [0.3, 0.4) is 0 Å². The molecular weight excluding hydrogens is 498 g/mol. The fourth-order valence-corrected chi connectivity index (χ4v) is 7.40. The number of urea groups is 1. The van der Waals surface area contributed by atoms with Crippen molar-refractivity contribution in [2.75, 3.05) is 18.0 Å². The maximum absolute atomic E-state index is 13.7. The van der Waals surface area contributed by atoms with Gasteiger partial charge in [0.2, 0.25) is 10.0 Å². The van der Waals surface area contributed by atoms with Gasteiger partial charge in [0, 0.05) is 36.4 Å². The van der Waals surface area contributed by atoms with Gasteiger partial charge in [-0.1, -0.05) is 68.1 Å². The number of rotatable bonds is 7. The predicted molar refractivity (Wildman–Crippen MR) is 153 cm³/mol. The van der Waals surface area contributed by atoms with Crippen molar-refractivity contribution in [3.63, 3.8) is 0 Å². The Morgan fingerprint density at radius 3 is 2.21 bits per heavy atom. The number of piperidine rings is 1. The highest BCUT2D eigenvalue weighted by molar-refractivity contribution is 7.90. The molecule has 206 valence electrons. The number of nitrogens with one attached hydrogen (secondary N) is 2. The van der Waals surface area contributed by atoms with Gasteiger partial charge in [-0.2, -0.15) is 0 Å². The van der Waals surface area contributed by atoms with Crippen LogP contribution in [-0.2, 0) is 14.8 Å². The molecule has 2 amide bonds. The number of anilines is 1. The highest BCUT2D eigenvalue weighted by atomic mass is 32.2. The van der Waals surface area contributed by atoms with E-state index in [-0.39, 0.29) is 24.0 Å². The van der Waals surface area contributed by atoms with Gasteiger partial charge < -0.3 is 11.1 Å². The number of nitrogen functional groups attached to an aromatic ring is 1. The van der Waals surface area contributed by atoms with E-state index in [1.54, 1.807) is 24.2 Å². The van der Waals surface area contributed by atoms with E-state index in [9.17, 15) is 13.2 Å². The molecular formula is C29H41N5O3S. The van der Waals surface area contributed by atoms with Crippen LogP contribution in [0.1, 0.15) is 76.3 Å². The van der Waals surface area contributed by atoms with Crippen molar-refractivity contribution in [1.82, 2.24) is 9.62 Å². The lowest BCUT2D eigenvalue weighted by Gasteiger charge is -2.38. The van der Waals surface area contributed by atoms with Crippen LogP contribution >= 0.6 is 0 Å². The zero-order chi connectivity index (χ0) is 27.3. The van der Waals surface area contributed by atoms with Crippen LogP contribution in [0.5, 0.6) is 0 Å². The third kappa shape index (κ3) is 6.04. The molecule has 1 aliphatic heterocycles. The lowest BCUT2D eigenvalue weighted by atomic mass is 10.0. The lowest BCUT2D eigenvalue weighted by molar-refractivity contribution is 0.229. The van der Waals surface area contributed by atoms with Gasteiger partial charge in [0.25, 0.3) is 0 Å². The fraction of sp³-hybridized carbons (Fsp3) is 0.517. The number of benzene rings is 2. The number of hydrogen-bond donors (Lipinski definition) is 3. The molecule has 0 bridgehead atoms. The van der Waals surface area contributed by atoms with Crippen LogP contribution in [-0.4, -0.2) is 49.8 Å². The van der Waals surface area contributed by atoms with E-state index >= 15 is 0 Å². The largest absolute Gasteiger partial charge is 0.384 e. The first-order valence-electron chi connectivity index (χ1n) is 13.7. The van der Waals surface area contributed by atoms with Gasteiger partial charge in [-0.05, 0) is 57.2 Å². The molecule has 2 aliphatic rings. The summed E-state index contributed by atoms with van der Waals surface area (Å²) in [5, 5.41) is 11.0. The van der Waals surface area contributed by atoms with Crippen molar-refractivity contribution < 1.29 is 13.2 Å². The first kappa shape index (κ1) is 28.1. The van der Waals surface area contributed by atoms with E-state index in [2.05, 4.69) is 5.32 Å².